The summed E-state index contributed by atoms with van der Waals surface area (Å²) >= 11 is 2.17. The number of hydrogen-bond acceptors (Lipinski definition) is 3. The van der Waals surface area contributed by atoms with Gasteiger partial charge in [0.05, 0.1) is 29.9 Å². The largest absolute Gasteiger partial charge is 0.481 e. The van der Waals surface area contributed by atoms with E-state index in [-0.39, 0.29) is 12.0 Å². The summed E-state index contributed by atoms with van der Waals surface area (Å²) in [5, 5.41) is 16.8. The predicted octanol–water partition coefficient (Wildman–Crippen LogP) is 6.43. The summed E-state index contributed by atoms with van der Waals surface area (Å²) in [4.78, 5) is 24.0. The molecule has 0 unspecified atom stereocenters. The minimum Gasteiger partial charge on any atom is -0.481 e. The summed E-state index contributed by atoms with van der Waals surface area (Å²) in [7, 11) is 0. The number of aliphatic carboxylic acids is 1. The zero-order chi connectivity index (χ0) is 26.6. The zero-order valence-electron chi connectivity index (χ0n) is 19.3. The minimum absolute atomic E-state index is 0.110. The van der Waals surface area contributed by atoms with E-state index in [2.05, 4.69) is 33.0 Å². The maximum absolute atomic E-state index is 12.7. The van der Waals surface area contributed by atoms with Gasteiger partial charge in [0, 0.05) is 26.8 Å². The van der Waals surface area contributed by atoms with Crippen molar-refractivity contribution < 1.29 is 27.9 Å². The van der Waals surface area contributed by atoms with E-state index in [0.29, 0.717) is 27.9 Å². The average Bonchev–Trinajstić information content (AvgIpc) is 3.21. The zero-order valence-corrected chi connectivity index (χ0v) is 21.5. The molecule has 4 rings (SSSR count). The number of carbonyl (C=O) groups excluding carboxylic acids is 1. The summed E-state index contributed by atoms with van der Waals surface area (Å²) < 4.78 is 40.6. The van der Waals surface area contributed by atoms with Crippen LogP contribution in [-0.4, -0.2) is 26.8 Å². The van der Waals surface area contributed by atoms with Gasteiger partial charge >= 0.3 is 12.1 Å². The summed E-state index contributed by atoms with van der Waals surface area (Å²) in [5.74, 6) is -1.46. The van der Waals surface area contributed by atoms with Crippen LogP contribution in [0.2, 0.25) is 0 Å². The van der Waals surface area contributed by atoms with E-state index < -0.39 is 23.6 Å². The molecule has 0 aliphatic heterocycles. The number of carboxylic acids is 1. The lowest BCUT2D eigenvalue weighted by atomic mass is 10.0. The monoisotopic (exact) mass is 619 g/mol. The van der Waals surface area contributed by atoms with Gasteiger partial charge in [0.1, 0.15) is 0 Å². The Hall–Kier alpha value is -3.67. The average molecular weight is 619 g/mol. The molecule has 0 aliphatic carbocycles. The second-order valence-electron chi connectivity index (χ2n) is 8.23. The molecule has 0 fully saturated rings. The van der Waals surface area contributed by atoms with Crippen molar-refractivity contribution in [3.05, 3.63) is 107 Å². The molecule has 10 heteroatoms. The van der Waals surface area contributed by atoms with Crippen molar-refractivity contribution in [3.63, 3.8) is 0 Å². The molecule has 0 bridgehead atoms. The fourth-order valence-corrected chi connectivity index (χ4v) is 4.52. The van der Waals surface area contributed by atoms with Crippen LogP contribution in [-0.2, 0) is 28.4 Å². The number of hydrogen-bond donors (Lipinski definition) is 2. The highest BCUT2D eigenvalue weighted by atomic mass is 127. The van der Waals surface area contributed by atoms with Crippen LogP contribution in [0.1, 0.15) is 32.7 Å². The van der Waals surface area contributed by atoms with Gasteiger partial charge in [-0.05, 0) is 42.0 Å². The molecule has 0 radical (unpaired) electrons. The number of rotatable bonds is 8. The molecule has 1 heterocycles. The fourth-order valence-electron chi connectivity index (χ4n) is 3.91. The van der Waals surface area contributed by atoms with Crippen LogP contribution in [0.5, 0.6) is 0 Å². The smallest absolute Gasteiger partial charge is 0.416 e. The molecular formula is C27H21F3IN3O3. The van der Waals surface area contributed by atoms with Gasteiger partial charge in [-0.3, -0.25) is 14.3 Å². The molecule has 3 aromatic carbocycles. The molecule has 1 aromatic heterocycles. The van der Waals surface area contributed by atoms with Gasteiger partial charge < -0.3 is 10.4 Å². The molecule has 2 N–H and O–H groups in total. The lowest BCUT2D eigenvalue weighted by Gasteiger charge is -2.11. The van der Waals surface area contributed by atoms with Crippen molar-refractivity contribution in [1.82, 2.24) is 9.78 Å². The first-order valence-corrected chi connectivity index (χ1v) is 12.7. The summed E-state index contributed by atoms with van der Waals surface area (Å²) in [6.07, 6.45) is -4.61. The van der Waals surface area contributed by atoms with Gasteiger partial charge in [-0.1, -0.05) is 65.1 Å². The molecule has 0 saturated heterocycles. The minimum atomic E-state index is -4.47. The number of nitrogens with one attached hydrogen (secondary N) is 1. The first kappa shape index (κ1) is 26.4. The number of carbonyl (C=O) groups is 2. The van der Waals surface area contributed by atoms with E-state index in [1.165, 1.54) is 0 Å². The summed E-state index contributed by atoms with van der Waals surface area (Å²) in [6, 6.07) is 20.5. The number of carboxylic acid groups (broad SMARTS) is 1. The number of halogens is 4. The van der Waals surface area contributed by atoms with Crippen molar-refractivity contribution in [2.45, 2.75) is 23.6 Å². The second-order valence-corrected chi connectivity index (χ2v) is 8.99. The van der Waals surface area contributed by atoms with E-state index in [4.69, 9.17) is 0 Å². The number of amides is 1. The number of benzene rings is 3. The van der Waals surface area contributed by atoms with E-state index in [1.54, 1.807) is 28.9 Å². The van der Waals surface area contributed by atoms with Crippen molar-refractivity contribution in [1.29, 1.82) is 0 Å². The second kappa shape index (κ2) is 11.2. The van der Waals surface area contributed by atoms with E-state index >= 15 is 0 Å². The Morgan fingerprint density at radius 1 is 0.946 bits per heavy atom. The first-order valence-electron chi connectivity index (χ1n) is 11.1. The van der Waals surface area contributed by atoms with Gasteiger partial charge in [-0.2, -0.15) is 18.3 Å². The fraction of sp³-hybridized carbons (Fsp3) is 0.148. The quantitative estimate of drug-likeness (QED) is 0.176. The van der Waals surface area contributed by atoms with Crippen LogP contribution < -0.4 is 5.32 Å². The predicted molar refractivity (Wildman–Crippen MR) is 142 cm³/mol. The highest BCUT2D eigenvalue weighted by Gasteiger charge is 2.30. The normalized spacial score (nSPS) is 11.4. The third-order valence-corrected chi connectivity index (χ3v) is 6.38. The van der Waals surface area contributed by atoms with Gasteiger partial charge in [-0.15, -0.1) is 0 Å². The lowest BCUT2D eigenvalue weighted by Crippen LogP contribution is -2.13. The van der Waals surface area contributed by atoms with Crippen molar-refractivity contribution in [2.24, 2.45) is 0 Å². The Kier molecular flexibility index (Phi) is 7.96. The number of alkyl halides is 4. The topological polar surface area (TPSA) is 84.2 Å². The van der Waals surface area contributed by atoms with Crippen molar-refractivity contribution in [3.8, 4) is 11.3 Å². The van der Waals surface area contributed by atoms with Crippen LogP contribution in [0.25, 0.3) is 11.3 Å². The maximum atomic E-state index is 12.7. The molecule has 0 saturated carbocycles. The number of nitrogens with zero attached hydrogens (tertiary/aromatic N) is 2. The van der Waals surface area contributed by atoms with E-state index in [0.717, 1.165) is 41.1 Å². The van der Waals surface area contributed by atoms with Gasteiger partial charge in [0.2, 0.25) is 0 Å². The molecule has 1 amide bonds. The Labute approximate surface area is 224 Å². The van der Waals surface area contributed by atoms with Crippen LogP contribution in [0, 0.1) is 0 Å². The molecule has 37 heavy (non-hydrogen) atoms. The third kappa shape index (κ3) is 6.37. The summed E-state index contributed by atoms with van der Waals surface area (Å²) in [6.45, 7) is 0.376. The Morgan fingerprint density at radius 3 is 2.16 bits per heavy atom. The summed E-state index contributed by atoms with van der Waals surface area (Å²) in [5.41, 5.74) is 3.64. The Morgan fingerprint density at radius 2 is 1.59 bits per heavy atom. The van der Waals surface area contributed by atoms with Crippen molar-refractivity contribution in [2.75, 3.05) is 5.32 Å². The van der Waals surface area contributed by atoms with Crippen molar-refractivity contribution >= 4 is 40.2 Å². The van der Waals surface area contributed by atoms with E-state index in [1.807, 2.05) is 30.3 Å². The van der Waals surface area contributed by atoms with Crippen LogP contribution in [0.15, 0.2) is 78.9 Å². The molecule has 6 nitrogen and oxygen atoms in total. The molecule has 0 atom stereocenters. The van der Waals surface area contributed by atoms with Gasteiger partial charge in [0.25, 0.3) is 5.91 Å². The lowest BCUT2D eigenvalue weighted by molar-refractivity contribution is -0.138. The highest BCUT2D eigenvalue weighted by molar-refractivity contribution is 14.1. The number of anilines is 1. The third-order valence-electron chi connectivity index (χ3n) is 5.65. The highest BCUT2D eigenvalue weighted by Crippen LogP contribution is 2.30. The molecule has 0 spiro atoms. The Balaban J connectivity index is 1.54. The maximum Gasteiger partial charge on any atom is 0.416 e. The van der Waals surface area contributed by atoms with Crippen LogP contribution >= 0.6 is 22.6 Å². The Bertz CT molecular complexity index is 1400. The standard InChI is InChI=1S/C27H21F3IN3O3/c28-27(29,30)20-10-8-19(9-11-20)26(37)32-21-12-6-17(7-13-21)16-34-25(18-4-2-1-3-5-18)22(14-24(35)36)23(15-31)33-34/h1-13H,14-16H2,(H,32,37)(H,35,36). The van der Waals surface area contributed by atoms with Crippen LogP contribution in [0.3, 0.4) is 0 Å². The van der Waals surface area contributed by atoms with Crippen LogP contribution in [0.4, 0.5) is 18.9 Å². The molecule has 190 valence electrons. The first-order chi connectivity index (χ1) is 17.7. The van der Waals surface area contributed by atoms with E-state index in [9.17, 15) is 27.9 Å². The SMILES string of the molecule is O=C(O)Cc1c(CI)nn(Cc2ccc(NC(=O)c3ccc(C(F)(F)F)cc3)cc2)c1-c1ccccc1. The van der Waals surface area contributed by atoms with Gasteiger partial charge in [-0.25, -0.2) is 0 Å². The van der Waals surface area contributed by atoms with Gasteiger partial charge in [0.15, 0.2) is 0 Å². The molecule has 4 aromatic rings. The molecular weight excluding hydrogens is 598 g/mol. The molecule has 0 aliphatic rings. The number of aromatic nitrogens is 2.